The van der Waals surface area contributed by atoms with Gasteiger partial charge in [0.1, 0.15) is 11.6 Å². The molecule has 0 saturated heterocycles. The van der Waals surface area contributed by atoms with Crippen LogP contribution in [0.2, 0.25) is 0 Å². The molecule has 4 rings (SSSR count). The van der Waals surface area contributed by atoms with Gasteiger partial charge in [-0.3, -0.25) is 0 Å². The third kappa shape index (κ3) is 3.74. The molecule has 1 N–H and O–H groups in total. The fourth-order valence-corrected chi connectivity index (χ4v) is 4.68. The number of thioether (sulfide) groups is 1. The molecule has 2 heterocycles. The maximum atomic E-state index is 9.76. The van der Waals surface area contributed by atoms with E-state index in [0.29, 0.717) is 17.7 Å². The number of aromatic nitrogens is 3. The van der Waals surface area contributed by atoms with Crippen LogP contribution in [0.4, 0.5) is 0 Å². The number of rotatable bonds is 4. The van der Waals surface area contributed by atoms with E-state index in [1.165, 1.54) is 0 Å². The molecule has 0 spiro atoms. The van der Waals surface area contributed by atoms with Crippen LogP contribution >= 0.6 is 11.8 Å². The van der Waals surface area contributed by atoms with E-state index in [2.05, 4.69) is 27.8 Å². The first kappa shape index (κ1) is 19.5. The van der Waals surface area contributed by atoms with Crippen LogP contribution in [0.15, 0.2) is 42.5 Å². The number of aliphatic hydroxyl groups excluding tert-OH is 1. The van der Waals surface area contributed by atoms with E-state index >= 15 is 0 Å². The lowest BCUT2D eigenvalue weighted by atomic mass is 10.0. The van der Waals surface area contributed by atoms with Crippen LogP contribution in [-0.4, -0.2) is 44.1 Å². The van der Waals surface area contributed by atoms with Gasteiger partial charge in [0.05, 0.1) is 30.9 Å². The van der Waals surface area contributed by atoms with E-state index in [-0.39, 0.29) is 11.4 Å². The van der Waals surface area contributed by atoms with Crippen molar-refractivity contribution in [3.8, 4) is 34.3 Å². The summed E-state index contributed by atoms with van der Waals surface area (Å²) < 4.78 is 7.57. The van der Waals surface area contributed by atoms with Gasteiger partial charge in [0, 0.05) is 23.5 Å². The van der Waals surface area contributed by atoms with Gasteiger partial charge in [-0.1, -0.05) is 18.2 Å². The van der Waals surface area contributed by atoms with Crippen molar-refractivity contribution in [2.45, 2.75) is 24.6 Å². The zero-order chi connectivity index (χ0) is 20.4. The molecule has 1 unspecified atom stereocenters. The molecular weight excluding hydrogens is 384 g/mol. The van der Waals surface area contributed by atoms with Gasteiger partial charge in [-0.05, 0) is 42.3 Å². The molecular formula is C22H22N4O2S. The predicted molar refractivity (Wildman–Crippen MR) is 114 cm³/mol. The van der Waals surface area contributed by atoms with Crippen LogP contribution < -0.4 is 4.74 Å². The highest BCUT2D eigenvalue weighted by Gasteiger charge is 2.31. The van der Waals surface area contributed by atoms with Gasteiger partial charge in [0.2, 0.25) is 0 Å². The van der Waals surface area contributed by atoms with Crippen molar-refractivity contribution in [3.63, 3.8) is 0 Å². The van der Waals surface area contributed by atoms with E-state index in [4.69, 9.17) is 10.00 Å². The van der Waals surface area contributed by atoms with Crippen molar-refractivity contribution in [1.29, 1.82) is 5.26 Å². The first-order chi connectivity index (χ1) is 14.1. The third-order valence-electron chi connectivity index (χ3n) is 5.23. The summed E-state index contributed by atoms with van der Waals surface area (Å²) in [5.74, 6) is 3.25. The van der Waals surface area contributed by atoms with Gasteiger partial charge in [-0.15, -0.1) is 10.2 Å². The summed E-state index contributed by atoms with van der Waals surface area (Å²) in [7, 11) is 1.65. The Morgan fingerprint density at radius 2 is 2.07 bits per heavy atom. The Bertz CT molecular complexity index is 1090. The molecule has 148 valence electrons. The number of nitriles is 1. The minimum atomic E-state index is -0.238. The average molecular weight is 407 g/mol. The molecule has 0 fully saturated rings. The molecule has 1 aromatic heterocycles. The Hall–Kier alpha value is -2.82. The summed E-state index contributed by atoms with van der Waals surface area (Å²) in [6, 6.07) is 15.7. The number of hydrogen-bond donors (Lipinski definition) is 1. The molecule has 0 bridgehead atoms. The monoisotopic (exact) mass is 406 g/mol. The second kappa shape index (κ2) is 7.90. The van der Waals surface area contributed by atoms with E-state index in [9.17, 15) is 5.11 Å². The van der Waals surface area contributed by atoms with Crippen molar-refractivity contribution in [2.24, 2.45) is 0 Å². The van der Waals surface area contributed by atoms with Crippen molar-refractivity contribution in [3.05, 3.63) is 53.9 Å². The summed E-state index contributed by atoms with van der Waals surface area (Å²) in [6.07, 6.45) is 0.669. The standard InChI is InChI=1S/C22H22N4O2S/c1-22(14-27)12-20-24-25-21(26(20)8-9-29-22)18-7-6-17(11-19(18)28-2)16-5-3-4-15(10-16)13-23/h3-7,10-11,27H,8-9,12,14H2,1-2H3. The molecule has 29 heavy (non-hydrogen) atoms. The predicted octanol–water partition coefficient (Wildman–Crippen LogP) is 3.53. The molecule has 0 amide bonds. The van der Waals surface area contributed by atoms with Crippen molar-refractivity contribution >= 4 is 11.8 Å². The van der Waals surface area contributed by atoms with E-state index < -0.39 is 0 Å². The summed E-state index contributed by atoms with van der Waals surface area (Å²) >= 11 is 1.77. The minimum absolute atomic E-state index is 0.111. The number of methoxy groups -OCH3 is 1. The van der Waals surface area contributed by atoms with Gasteiger partial charge in [-0.25, -0.2) is 0 Å². The molecule has 0 aliphatic carbocycles. The van der Waals surface area contributed by atoms with Crippen LogP contribution in [-0.2, 0) is 13.0 Å². The van der Waals surface area contributed by atoms with Gasteiger partial charge < -0.3 is 14.4 Å². The van der Waals surface area contributed by atoms with Crippen LogP contribution in [0.1, 0.15) is 18.3 Å². The molecule has 1 aliphatic rings. The fraction of sp³-hybridized carbons (Fsp3) is 0.318. The third-order valence-corrected chi connectivity index (χ3v) is 6.58. The number of benzene rings is 2. The summed E-state index contributed by atoms with van der Waals surface area (Å²) in [4.78, 5) is 0. The molecule has 6 nitrogen and oxygen atoms in total. The smallest absolute Gasteiger partial charge is 0.167 e. The maximum Gasteiger partial charge on any atom is 0.167 e. The normalized spacial score (nSPS) is 18.6. The highest BCUT2D eigenvalue weighted by Crippen LogP contribution is 2.37. The maximum absolute atomic E-state index is 9.76. The molecule has 7 heteroatoms. The van der Waals surface area contributed by atoms with Gasteiger partial charge in [0.15, 0.2) is 5.82 Å². The quantitative estimate of drug-likeness (QED) is 0.714. The summed E-state index contributed by atoms with van der Waals surface area (Å²) in [5, 5.41) is 27.8. The lowest BCUT2D eigenvalue weighted by molar-refractivity contribution is 0.254. The Morgan fingerprint density at radius 1 is 1.24 bits per heavy atom. The zero-order valence-electron chi connectivity index (χ0n) is 16.4. The highest BCUT2D eigenvalue weighted by molar-refractivity contribution is 8.00. The fourth-order valence-electron chi connectivity index (χ4n) is 3.59. The molecule has 1 atom stereocenters. The molecule has 3 aromatic rings. The van der Waals surface area contributed by atoms with Crippen molar-refractivity contribution in [1.82, 2.24) is 14.8 Å². The van der Waals surface area contributed by atoms with Crippen molar-refractivity contribution in [2.75, 3.05) is 19.5 Å². The highest BCUT2D eigenvalue weighted by atomic mass is 32.2. The molecule has 0 saturated carbocycles. The van der Waals surface area contributed by atoms with Gasteiger partial charge in [-0.2, -0.15) is 17.0 Å². The Balaban J connectivity index is 1.74. The van der Waals surface area contributed by atoms with Gasteiger partial charge in [0.25, 0.3) is 0 Å². The average Bonchev–Trinajstić information content (AvgIpc) is 3.06. The van der Waals surface area contributed by atoms with E-state index in [0.717, 1.165) is 40.6 Å². The molecule has 2 aromatic carbocycles. The topological polar surface area (TPSA) is 84.0 Å². The van der Waals surface area contributed by atoms with E-state index in [1.54, 1.807) is 24.9 Å². The number of nitrogens with zero attached hydrogens (tertiary/aromatic N) is 4. The van der Waals surface area contributed by atoms with Crippen molar-refractivity contribution < 1.29 is 9.84 Å². The van der Waals surface area contributed by atoms with Crippen LogP contribution in [0.5, 0.6) is 5.75 Å². The minimum Gasteiger partial charge on any atom is -0.496 e. The number of fused-ring (bicyclic) bond motifs is 1. The number of hydrogen-bond acceptors (Lipinski definition) is 6. The SMILES string of the molecule is COc1cc(-c2cccc(C#N)c2)ccc1-c1nnc2n1CCSC(C)(CO)C2. The Labute approximate surface area is 174 Å². The van der Waals surface area contributed by atoms with E-state index in [1.807, 2.05) is 36.4 Å². The Kier molecular flexibility index (Phi) is 5.31. The van der Waals surface area contributed by atoms with Crippen LogP contribution in [0.3, 0.4) is 0 Å². The lowest BCUT2D eigenvalue weighted by Crippen LogP contribution is -2.28. The summed E-state index contributed by atoms with van der Waals surface area (Å²) in [5.41, 5.74) is 3.44. The molecule has 0 radical (unpaired) electrons. The first-order valence-corrected chi connectivity index (χ1v) is 10.4. The summed E-state index contributed by atoms with van der Waals surface area (Å²) in [6.45, 7) is 2.96. The van der Waals surface area contributed by atoms with Crippen LogP contribution in [0.25, 0.3) is 22.5 Å². The van der Waals surface area contributed by atoms with Gasteiger partial charge >= 0.3 is 0 Å². The second-order valence-electron chi connectivity index (χ2n) is 7.33. The Morgan fingerprint density at radius 3 is 2.83 bits per heavy atom. The number of ether oxygens (including phenoxy) is 1. The zero-order valence-corrected chi connectivity index (χ0v) is 17.2. The lowest BCUT2D eigenvalue weighted by Gasteiger charge is -2.23. The largest absolute Gasteiger partial charge is 0.496 e. The van der Waals surface area contributed by atoms with Crippen LogP contribution in [0, 0.1) is 11.3 Å². The second-order valence-corrected chi connectivity index (χ2v) is 9.01. The number of aliphatic hydroxyl groups is 1. The molecule has 1 aliphatic heterocycles. The first-order valence-electron chi connectivity index (χ1n) is 9.43.